The average molecular weight is 252 g/mol. The van der Waals surface area contributed by atoms with Crippen LogP contribution in [0.25, 0.3) is 0 Å². The van der Waals surface area contributed by atoms with Crippen LogP contribution in [-0.4, -0.2) is 46.7 Å². The Morgan fingerprint density at radius 1 is 1.67 bits per heavy atom. The van der Waals surface area contributed by atoms with Crippen LogP contribution in [-0.2, 0) is 11.3 Å². The molecule has 0 radical (unpaired) electrons. The predicted molar refractivity (Wildman–Crippen MR) is 68.2 cm³/mol. The van der Waals surface area contributed by atoms with Gasteiger partial charge in [-0.05, 0) is 26.8 Å². The fourth-order valence-electron chi connectivity index (χ4n) is 1.89. The zero-order valence-corrected chi connectivity index (χ0v) is 10.9. The molecular weight excluding hydrogens is 232 g/mol. The van der Waals surface area contributed by atoms with Crippen molar-refractivity contribution < 1.29 is 9.53 Å². The van der Waals surface area contributed by atoms with E-state index in [0.717, 1.165) is 19.1 Å². The highest BCUT2D eigenvalue weighted by molar-refractivity contribution is 5.92. The summed E-state index contributed by atoms with van der Waals surface area (Å²) in [5.74, 6) is -0.0676. The highest BCUT2D eigenvalue weighted by Gasteiger charge is 2.26. The minimum atomic E-state index is -0.454. The van der Waals surface area contributed by atoms with Crippen LogP contribution in [0.2, 0.25) is 0 Å². The molecule has 0 saturated heterocycles. The maximum atomic E-state index is 11.5. The third-order valence-corrected chi connectivity index (χ3v) is 3.21. The molecule has 0 aromatic carbocycles. The summed E-state index contributed by atoms with van der Waals surface area (Å²) in [4.78, 5) is 17.9. The van der Waals surface area contributed by atoms with E-state index in [1.54, 1.807) is 17.8 Å². The van der Waals surface area contributed by atoms with Crippen LogP contribution in [0.1, 0.15) is 30.3 Å². The van der Waals surface area contributed by atoms with E-state index in [2.05, 4.69) is 16.9 Å². The Labute approximate surface area is 107 Å². The summed E-state index contributed by atoms with van der Waals surface area (Å²) in [5, 5.41) is 0. The molecule has 2 N–H and O–H groups in total. The molecule has 1 saturated carbocycles. The molecule has 0 aliphatic heterocycles. The molecule has 100 valence electrons. The van der Waals surface area contributed by atoms with E-state index in [1.807, 2.05) is 0 Å². The van der Waals surface area contributed by atoms with Crippen molar-refractivity contribution in [2.24, 2.45) is 0 Å². The first-order valence-corrected chi connectivity index (χ1v) is 6.31. The third-order valence-electron chi connectivity index (χ3n) is 3.21. The smallest absolute Gasteiger partial charge is 0.360 e. The van der Waals surface area contributed by atoms with Crippen LogP contribution in [0.4, 0.5) is 5.82 Å². The number of rotatable bonds is 6. The summed E-state index contributed by atoms with van der Waals surface area (Å²) < 4.78 is 6.69. The second-order valence-corrected chi connectivity index (χ2v) is 4.60. The molecule has 2 rings (SSSR count). The van der Waals surface area contributed by atoms with Crippen molar-refractivity contribution in [3.63, 3.8) is 0 Å². The maximum Gasteiger partial charge on any atom is 0.360 e. The van der Waals surface area contributed by atoms with Crippen molar-refractivity contribution in [2.75, 3.05) is 25.9 Å². The zero-order chi connectivity index (χ0) is 13.1. The van der Waals surface area contributed by atoms with E-state index in [9.17, 15) is 4.79 Å². The lowest BCUT2D eigenvalue weighted by molar-refractivity contribution is 0.0521. The van der Waals surface area contributed by atoms with E-state index in [-0.39, 0.29) is 5.69 Å². The Bertz CT molecular complexity index is 426. The van der Waals surface area contributed by atoms with Gasteiger partial charge in [0.25, 0.3) is 0 Å². The van der Waals surface area contributed by atoms with Crippen LogP contribution >= 0.6 is 0 Å². The number of anilines is 1. The van der Waals surface area contributed by atoms with E-state index >= 15 is 0 Å². The molecule has 1 aromatic heterocycles. The molecule has 1 aliphatic carbocycles. The molecule has 6 heteroatoms. The number of imidazole rings is 1. The van der Waals surface area contributed by atoms with E-state index in [0.29, 0.717) is 12.4 Å². The fraction of sp³-hybridized carbons (Fsp3) is 0.667. The zero-order valence-electron chi connectivity index (χ0n) is 10.9. The molecule has 1 fully saturated rings. The Balaban J connectivity index is 1.94. The van der Waals surface area contributed by atoms with Crippen molar-refractivity contribution in [3.05, 3.63) is 12.0 Å². The molecule has 6 nitrogen and oxygen atoms in total. The number of likely N-dealkylation sites (N-methyl/N-ethyl adjacent to an activating group) is 1. The molecule has 1 heterocycles. The predicted octanol–water partition coefficient (Wildman–Crippen LogP) is 0.736. The van der Waals surface area contributed by atoms with Gasteiger partial charge < -0.3 is 19.9 Å². The van der Waals surface area contributed by atoms with Gasteiger partial charge in [-0.25, -0.2) is 9.78 Å². The molecule has 0 amide bonds. The normalized spacial score (nSPS) is 15.1. The molecule has 0 bridgehead atoms. The van der Waals surface area contributed by atoms with Gasteiger partial charge in [-0.1, -0.05) is 0 Å². The average Bonchev–Trinajstić information content (AvgIpc) is 3.12. The summed E-state index contributed by atoms with van der Waals surface area (Å²) >= 11 is 0. The number of hydrogen-bond donors (Lipinski definition) is 1. The number of hydrogen-bond acceptors (Lipinski definition) is 5. The van der Waals surface area contributed by atoms with Gasteiger partial charge in [0.1, 0.15) is 5.82 Å². The maximum absolute atomic E-state index is 11.5. The van der Waals surface area contributed by atoms with Crippen LogP contribution in [0.3, 0.4) is 0 Å². The van der Waals surface area contributed by atoms with Crippen LogP contribution < -0.4 is 5.73 Å². The second kappa shape index (κ2) is 5.39. The molecule has 0 atom stereocenters. The summed E-state index contributed by atoms with van der Waals surface area (Å²) in [6.07, 6.45) is 4.16. The lowest BCUT2D eigenvalue weighted by atomic mass is 10.4. The molecule has 1 aromatic rings. The number of nitrogen functional groups attached to an aromatic ring is 1. The molecule has 0 spiro atoms. The van der Waals surface area contributed by atoms with Gasteiger partial charge in [0.05, 0.1) is 12.9 Å². The monoisotopic (exact) mass is 252 g/mol. The van der Waals surface area contributed by atoms with Crippen molar-refractivity contribution in [1.29, 1.82) is 0 Å². The Morgan fingerprint density at radius 2 is 2.39 bits per heavy atom. The molecule has 1 aliphatic rings. The van der Waals surface area contributed by atoms with Gasteiger partial charge in [-0.2, -0.15) is 0 Å². The van der Waals surface area contributed by atoms with Gasteiger partial charge >= 0.3 is 5.97 Å². The summed E-state index contributed by atoms with van der Waals surface area (Å²) in [7, 11) is 2.11. The van der Waals surface area contributed by atoms with Gasteiger partial charge in [0.2, 0.25) is 0 Å². The quantitative estimate of drug-likeness (QED) is 0.756. The third kappa shape index (κ3) is 2.81. The number of aromatic nitrogens is 2. The van der Waals surface area contributed by atoms with Crippen molar-refractivity contribution >= 4 is 11.8 Å². The molecule has 18 heavy (non-hydrogen) atoms. The second-order valence-electron chi connectivity index (χ2n) is 4.60. The first-order chi connectivity index (χ1) is 8.63. The Hall–Kier alpha value is -1.56. The van der Waals surface area contributed by atoms with Crippen LogP contribution in [0.5, 0.6) is 0 Å². The van der Waals surface area contributed by atoms with Crippen LogP contribution in [0, 0.1) is 0 Å². The first kappa shape index (κ1) is 12.9. The fourth-order valence-corrected chi connectivity index (χ4v) is 1.89. The number of nitrogens with zero attached hydrogens (tertiary/aromatic N) is 3. The molecular formula is C12H20N4O2. The van der Waals surface area contributed by atoms with Crippen LogP contribution in [0.15, 0.2) is 6.33 Å². The lowest BCUT2D eigenvalue weighted by Crippen LogP contribution is -2.25. The Morgan fingerprint density at radius 3 is 3.00 bits per heavy atom. The first-order valence-electron chi connectivity index (χ1n) is 6.31. The topological polar surface area (TPSA) is 73.4 Å². The minimum absolute atomic E-state index is 0.214. The number of esters is 1. The van der Waals surface area contributed by atoms with E-state index < -0.39 is 5.97 Å². The number of carbonyl (C=O) groups is 1. The summed E-state index contributed by atoms with van der Waals surface area (Å²) in [6.45, 7) is 3.74. The van der Waals surface area contributed by atoms with Gasteiger partial charge in [0.15, 0.2) is 5.69 Å². The highest BCUT2D eigenvalue weighted by Crippen LogP contribution is 2.25. The number of carbonyl (C=O) groups excluding carboxylic acids is 1. The Kier molecular flexibility index (Phi) is 3.86. The van der Waals surface area contributed by atoms with Gasteiger partial charge in [0, 0.05) is 19.1 Å². The standard InChI is InChI=1S/C12H20N4O2/c1-3-18-12(17)10-11(13)16(8-14-10)7-6-15(2)9-4-5-9/h8-9H,3-7,13H2,1-2H3. The summed E-state index contributed by atoms with van der Waals surface area (Å²) in [6, 6.07) is 0.722. The van der Waals surface area contributed by atoms with Gasteiger partial charge in [-0.15, -0.1) is 0 Å². The minimum Gasteiger partial charge on any atom is -0.461 e. The highest BCUT2D eigenvalue weighted by atomic mass is 16.5. The van der Waals surface area contributed by atoms with Crippen molar-refractivity contribution in [1.82, 2.24) is 14.5 Å². The molecule has 0 unspecified atom stereocenters. The summed E-state index contributed by atoms with van der Waals surface area (Å²) in [5.41, 5.74) is 6.11. The SMILES string of the molecule is CCOC(=O)c1ncn(CCN(C)C2CC2)c1N. The number of ether oxygens (including phenoxy) is 1. The van der Waals surface area contributed by atoms with E-state index in [4.69, 9.17) is 10.5 Å². The van der Waals surface area contributed by atoms with Crippen molar-refractivity contribution in [2.45, 2.75) is 32.4 Å². The van der Waals surface area contributed by atoms with Crippen molar-refractivity contribution in [3.8, 4) is 0 Å². The van der Waals surface area contributed by atoms with E-state index in [1.165, 1.54) is 12.8 Å². The number of nitrogens with two attached hydrogens (primary N) is 1. The largest absolute Gasteiger partial charge is 0.461 e. The van der Waals surface area contributed by atoms with Gasteiger partial charge in [-0.3, -0.25) is 0 Å². The lowest BCUT2D eigenvalue weighted by Gasteiger charge is -2.16.